The molecule has 0 saturated carbocycles. The highest BCUT2D eigenvalue weighted by molar-refractivity contribution is 5.89. The third-order valence-electron chi connectivity index (χ3n) is 7.34. The van der Waals surface area contributed by atoms with Gasteiger partial charge in [-0.2, -0.15) is 0 Å². The fraction of sp³-hybridized carbons (Fsp3) is 0.419. The number of carbonyl (C=O) groups is 1. The molecule has 1 saturated heterocycles. The van der Waals surface area contributed by atoms with Crippen LogP contribution in [0.15, 0.2) is 61.2 Å². The lowest BCUT2D eigenvalue weighted by atomic mass is 10.0. The normalized spacial score (nSPS) is 18.8. The molecule has 1 fully saturated rings. The smallest absolute Gasteiger partial charge is 0.319 e. The zero-order valence-electron chi connectivity index (χ0n) is 25.1. The Bertz CT molecular complexity index is 1550. The zero-order chi connectivity index (χ0) is 30.6. The third-order valence-corrected chi connectivity index (χ3v) is 7.34. The average molecular weight is 589 g/mol. The van der Waals surface area contributed by atoms with E-state index in [-0.39, 0.29) is 24.6 Å². The number of aryl methyl sites for hydroxylation is 1. The molecule has 12 nitrogen and oxygen atoms in total. The van der Waals surface area contributed by atoms with E-state index in [4.69, 9.17) is 15.2 Å². The van der Waals surface area contributed by atoms with E-state index in [2.05, 4.69) is 55.6 Å². The van der Waals surface area contributed by atoms with Crippen LogP contribution in [-0.2, 0) is 15.2 Å². The van der Waals surface area contributed by atoms with Gasteiger partial charge in [-0.3, -0.25) is 4.57 Å². The Kier molecular flexibility index (Phi) is 8.92. The monoisotopic (exact) mass is 588 g/mol. The van der Waals surface area contributed by atoms with Crippen molar-refractivity contribution in [2.75, 3.05) is 44.3 Å². The van der Waals surface area contributed by atoms with Gasteiger partial charge in [-0.1, -0.05) is 42.0 Å². The van der Waals surface area contributed by atoms with Crippen LogP contribution in [-0.4, -0.2) is 80.7 Å². The van der Waals surface area contributed by atoms with Crippen LogP contribution in [0.3, 0.4) is 0 Å². The van der Waals surface area contributed by atoms with Gasteiger partial charge in [0.1, 0.15) is 11.8 Å². The van der Waals surface area contributed by atoms with Crippen LogP contribution in [0, 0.1) is 6.92 Å². The van der Waals surface area contributed by atoms with Gasteiger partial charge < -0.3 is 35.8 Å². The number of nitrogens with one attached hydrogen (secondary N) is 2. The number of nitrogens with two attached hydrogens (primary N) is 1. The molecule has 0 aliphatic carbocycles. The Morgan fingerprint density at radius 1 is 1.21 bits per heavy atom. The summed E-state index contributed by atoms with van der Waals surface area (Å²) in [6, 6.07) is 15.9. The molecule has 2 aromatic heterocycles. The minimum Gasteiger partial charge on any atom is -0.382 e. The van der Waals surface area contributed by atoms with Gasteiger partial charge >= 0.3 is 6.03 Å². The van der Waals surface area contributed by atoms with Crippen molar-refractivity contribution < 1.29 is 19.4 Å². The van der Waals surface area contributed by atoms with Crippen LogP contribution >= 0.6 is 0 Å². The Hall–Kier alpha value is -4.10. The summed E-state index contributed by atoms with van der Waals surface area (Å²) in [5.74, 6) is -1.15. The lowest BCUT2D eigenvalue weighted by Gasteiger charge is -2.35. The number of aliphatic hydroxyl groups is 1. The maximum absolute atomic E-state index is 12.4. The molecular weight excluding hydrogens is 548 g/mol. The van der Waals surface area contributed by atoms with Crippen LogP contribution in [0.5, 0.6) is 0 Å². The maximum atomic E-state index is 12.4. The topological polar surface area (TPSA) is 153 Å². The summed E-state index contributed by atoms with van der Waals surface area (Å²) in [7, 11) is 2.01. The molecule has 2 amide bonds. The second-order valence-electron chi connectivity index (χ2n) is 11.6. The van der Waals surface area contributed by atoms with Gasteiger partial charge in [-0.05, 0) is 64.0 Å². The molecule has 5 rings (SSSR count). The quantitative estimate of drug-likeness (QED) is 0.152. The van der Waals surface area contributed by atoms with E-state index >= 15 is 0 Å². The molecule has 2 aromatic carbocycles. The van der Waals surface area contributed by atoms with Crippen molar-refractivity contribution in [3.63, 3.8) is 0 Å². The fourth-order valence-electron chi connectivity index (χ4n) is 5.48. The molecule has 0 bridgehead atoms. The highest BCUT2D eigenvalue weighted by Crippen LogP contribution is 2.38. The number of nitrogen functional groups attached to an aromatic ring is 1. The van der Waals surface area contributed by atoms with Gasteiger partial charge in [0.05, 0.1) is 19.0 Å². The second-order valence-corrected chi connectivity index (χ2v) is 11.6. The molecule has 43 heavy (non-hydrogen) atoms. The number of aromatic nitrogens is 4. The molecule has 1 aliphatic heterocycles. The molecule has 4 aromatic rings. The van der Waals surface area contributed by atoms with Crippen LogP contribution in [0.2, 0.25) is 0 Å². The molecule has 1 aliphatic rings. The molecule has 0 radical (unpaired) electrons. The molecule has 2 atom stereocenters. The summed E-state index contributed by atoms with van der Waals surface area (Å²) in [5.41, 5.74) is 10.2. The van der Waals surface area contributed by atoms with Gasteiger partial charge in [0.2, 0.25) is 0 Å². The van der Waals surface area contributed by atoms with Crippen LogP contribution in [0.1, 0.15) is 32.3 Å². The first kappa shape index (κ1) is 30.4. The number of anilines is 2. The van der Waals surface area contributed by atoms with Crippen molar-refractivity contribution in [3.8, 4) is 11.1 Å². The summed E-state index contributed by atoms with van der Waals surface area (Å²) in [5, 5.41) is 16.4. The van der Waals surface area contributed by atoms with Crippen molar-refractivity contribution in [2.45, 2.75) is 51.2 Å². The summed E-state index contributed by atoms with van der Waals surface area (Å²) in [6.07, 6.45) is 4.05. The van der Waals surface area contributed by atoms with Gasteiger partial charge in [0.25, 0.3) is 0 Å². The van der Waals surface area contributed by atoms with E-state index < -0.39 is 11.5 Å². The summed E-state index contributed by atoms with van der Waals surface area (Å²) in [6.45, 7) is 7.36. The van der Waals surface area contributed by atoms with Crippen molar-refractivity contribution >= 4 is 28.7 Å². The van der Waals surface area contributed by atoms with Gasteiger partial charge in [0, 0.05) is 25.2 Å². The largest absolute Gasteiger partial charge is 0.382 e. The third kappa shape index (κ3) is 7.46. The number of likely N-dealkylation sites (N-methyl/N-ethyl adjacent to an activating group) is 1. The Morgan fingerprint density at radius 2 is 2.00 bits per heavy atom. The highest BCUT2D eigenvalue weighted by Gasteiger charge is 2.47. The van der Waals surface area contributed by atoms with E-state index in [1.165, 1.54) is 11.9 Å². The number of benzene rings is 2. The average Bonchev–Trinajstić information content (AvgIpc) is 3.56. The van der Waals surface area contributed by atoms with E-state index in [1.54, 1.807) is 24.7 Å². The first-order valence-corrected chi connectivity index (χ1v) is 14.4. The van der Waals surface area contributed by atoms with Crippen LogP contribution < -0.4 is 16.4 Å². The minimum absolute atomic E-state index is 0.164. The molecule has 12 heteroatoms. The number of hydrogen-bond donors (Lipinski definition) is 4. The zero-order valence-corrected chi connectivity index (χ0v) is 25.1. The summed E-state index contributed by atoms with van der Waals surface area (Å²) >= 11 is 0. The summed E-state index contributed by atoms with van der Waals surface area (Å²) in [4.78, 5) is 27.3. The predicted octanol–water partition coefficient (Wildman–Crippen LogP) is 3.71. The standard InChI is InChI=1S/C31H40N8O4/c1-21-7-5-8-23(15-21)22-9-11-24(12-10-22)37-29(40)33-13-6-14-38(4)17-25-16-31(18-42-25,43-30(2,3)41)39-20-36-26-27(32)34-19-35-28(26)39/h5,7-12,15,19-20,25,41H,6,13-14,16-18H2,1-4H3,(H2,32,34,35)(H2,33,37,40). The number of rotatable bonds is 11. The Morgan fingerprint density at radius 3 is 2.74 bits per heavy atom. The van der Waals surface area contributed by atoms with E-state index in [9.17, 15) is 9.90 Å². The maximum Gasteiger partial charge on any atom is 0.319 e. The SMILES string of the molecule is Cc1cccc(-c2ccc(NC(=O)NCCCN(C)CC3CC(OC(C)(C)O)(n4cnc5c(N)ncnc54)CO3)cc2)c1. The number of urea groups is 1. The van der Waals surface area contributed by atoms with Crippen LogP contribution in [0.25, 0.3) is 22.3 Å². The van der Waals surface area contributed by atoms with Gasteiger partial charge in [0.15, 0.2) is 23.0 Å². The number of carbonyl (C=O) groups excluding carboxylic acids is 1. The van der Waals surface area contributed by atoms with Crippen molar-refractivity contribution in [3.05, 3.63) is 66.7 Å². The molecule has 3 heterocycles. The number of nitrogens with zero attached hydrogens (tertiary/aromatic N) is 5. The first-order valence-electron chi connectivity index (χ1n) is 14.4. The number of imidazole rings is 1. The van der Waals surface area contributed by atoms with Crippen molar-refractivity contribution in [1.29, 1.82) is 0 Å². The Balaban J connectivity index is 1.09. The number of fused-ring (bicyclic) bond motifs is 1. The second kappa shape index (κ2) is 12.6. The fourth-order valence-corrected chi connectivity index (χ4v) is 5.48. The van der Waals surface area contributed by atoms with Crippen LogP contribution in [0.4, 0.5) is 16.3 Å². The summed E-state index contributed by atoms with van der Waals surface area (Å²) < 4.78 is 14.1. The minimum atomic E-state index is -1.42. The lowest BCUT2D eigenvalue weighted by Crippen LogP contribution is -2.45. The lowest BCUT2D eigenvalue weighted by molar-refractivity contribution is -0.273. The molecule has 0 spiro atoms. The first-order chi connectivity index (χ1) is 20.5. The molecular formula is C31H40N8O4. The van der Waals surface area contributed by atoms with Gasteiger partial charge in [-0.25, -0.2) is 19.7 Å². The van der Waals surface area contributed by atoms with E-state index in [0.29, 0.717) is 30.7 Å². The Labute approximate surface area is 251 Å². The van der Waals surface area contributed by atoms with Gasteiger partial charge in [-0.15, -0.1) is 0 Å². The highest BCUT2D eigenvalue weighted by atomic mass is 16.7. The van der Waals surface area contributed by atoms with E-state index in [0.717, 1.165) is 29.8 Å². The number of hydrogen-bond acceptors (Lipinski definition) is 9. The van der Waals surface area contributed by atoms with Crippen molar-refractivity contribution in [1.82, 2.24) is 29.7 Å². The van der Waals surface area contributed by atoms with Crippen molar-refractivity contribution in [2.24, 2.45) is 0 Å². The number of amides is 2. The molecule has 228 valence electrons. The van der Waals surface area contributed by atoms with E-state index in [1.807, 2.05) is 37.4 Å². The number of ether oxygens (including phenoxy) is 2. The molecule has 2 unspecified atom stereocenters. The molecule has 5 N–H and O–H groups in total. The predicted molar refractivity (Wildman–Crippen MR) is 165 cm³/mol.